The van der Waals surface area contributed by atoms with Crippen LogP contribution in [0.1, 0.15) is 26.7 Å². The molecule has 0 N–H and O–H groups in total. The van der Waals surface area contributed by atoms with Gasteiger partial charge in [-0.1, -0.05) is 25.2 Å². The average molecular weight is 168 g/mol. The maximum absolute atomic E-state index is 10.8. The van der Waals surface area contributed by atoms with E-state index in [9.17, 15) is 4.79 Å². The van der Waals surface area contributed by atoms with Crippen LogP contribution in [0.5, 0.6) is 0 Å². The van der Waals surface area contributed by atoms with E-state index in [0.29, 0.717) is 13.0 Å². The molecule has 0 aliphatic carbocycles. The van der Waals surface area contributed by atoms with Crippen molar-refractivity contribution in [2.45, 2.75) is 26.7 Å². The normalized spacial score (nSPS) is 11.2. The smallest absolute Gasteiger partial charge is 0.306 e. The van der Waals surface area contributed by atoms with Gasteiger partial charge in [-0.15, -0.1) is 0 Å². The lowest BCUT2D eigenvalue weighted by Crippen LogP contribution is -2.02. The van der Waals surface area contributed by atoms with Crippen LogP contribution in [0.15, 0.2) is 24.3 Å². The van der Waals surface area contributed by atoms with Crippen molar-refractivity contribution in [1.82, 2.24) is 0 Å². The number of allylic oxidation sites excluding steroid dienone is 3. The molecule has 0 atom stereocenters. The summed E-state index contributed by atoms with van der Waals surface area (Å²) in [6, 6.07) is 0. The van der Waals surface area contributed by atoms with Gasteiger partial charge in [-0.3, -0.25) is 4.79 Å². The zero-order valence-corrected chi connectivity index (χ0v) is 7.75. The van der Waals surface area contributed by atoms with Crippen LogP contribution in [-0.2, 0) is 9.53 Å². The van der Waals surface area contributed by atoms with E-state index in [2.05, 4.69) is 0 Å². The molecule has 12 heavy (non-hydrogen) atoms. The van der Waals surface area contributed by atoms with Crippen molar-refractivity contribution in [2.24, 2.45) is 0 Å². The molecule has 0 aliphatic heterocycles. The Balaban J connectivity index is 3.36. The summed E-state index contributed by atoms with van der Waals surface area (Å²) in [7, 11) is 0. The van der Waals surface area contributed by atoms with Gasteiger partial charge in [-0.2, -0.15) is 0 Å². The van der Waals surface area contributed by atoms with Crippen molar-refractivity contribution in [1.29, 1.82) is 0 Å². The average Bonchev–Trinajstić information content (AvgIpc) is 2.05. The van der Waals surface area contributed by atoms with Gasteiger partial charge < -0.3 is 4.74 Å². The highest BCUT2D eigenvalue weighted by molar-refractivity contribution is 5.69. The molecule has 2 nitrogen and oxygen atoms in total. The molecule has 0 aromatic carbocycles. The molecule has 0 aromatic heterocycles. The molecule has 0 spiro atoms. The van der Waals surface area contributed by atoms with Crippen molar-refractivity contribution in [3.8, 4) is 0 Å². The van der Waals surface area contributed by atoms with E-state index in [-0.39, 0.29) is 5.97 Å². The molecule has 0 radical (unpaired) electrons. The van der Waals surface area contributed by atoms with Crippen LogP contribution < -0.4 is 0 Å². The van der Waals surface area contributed by atoms with Gasteiger partial charge in [0.05, 0.1) is 0 Å². The van der Waals surface area contributed by atoms with Gasteiger partial charge in [0.15, 0.2) is 0 Å². The van der Waals surface area contributed by atoms with Gasteiger partial charge in [-0.05, 0) is 19.4 Å². The standard InChI is InChI=1S/C10H16O2/c1-3-5-6-7-9-12-10(11)8-4-2/h3,5-7H,4,8-9H2,1-2H3/b5-3+,7-6+. The highest BCUT2D eigenvalue weighted by Crippen LogP contribution is 1.91. The first-order valence-corrected chi connectivity index (χ1v) is 4.24. The zero-order valence-electron chi connectivity index (χ0n) is 7.75. The molecule has 0 aliphatic rings. The maximum atomic E-state index is 10.8. The highest BCUT2D eigenvalue weighted by atomic mass is 16.5. The van der Waals surface area contributed by atoms with Crippen molar-refractivity contribution in [3.63, 3.8) is 0 Å². The topological polar surface area (TPSA) is 26.3 Å². The number of carbonyl (C=O) groups excluding carboxylic acids is 1. The Morgan fingerprint density at radius 3 is 2.75 bits per heavy atom. The van der Waals surface area contributed by atoms with Gasteiger partial charge in [-0.25, -0.2) is 0 Å². The van der Waals surface area contributed by atoms with Crippen LogP contribution in [0.25, 0.3) is 0 Å². The summed E-state index contributed by atoms with van der Waals surface area (Å²) in [5.74, 6) is -0.123. The fourth-order valence-corrected chi connectivity index (χ4v) is 0.663. The molecule has 0 saturated carbocycles. The fraction of sp³-hybridized carbons (Fsp3) is 0.500. The van der Waals surface area contributed by atoms with E-state index in [4.69, 9.17) is 4.74 Å². The first kappa shape index (κ1) is 11.0. The van der Waals surface area contributed by atoms with E-state index in [1.54, 1.807) is 0 Å². The second kappa shape index (κ2) is 8.05. The lowest BCUT2D eigenvalue weighted by molar-refractivity contribution is -0.142. The Kier molecular flexibility index (Phi) is 7.35. The molecule has 68 valence electrons. The minimum Gasteiger partial charge on any atom is -0.461 e. The van der Waals surface area contributed by atoms with E-state index in [0.717, 1.165) is 6.42 Å². The Hall–Kier alpha value is -1.05. The molecule has 0 unspecified atom stereocenters. The van der Waals surface area contributed by atoms with E-state index in [1.807, 2.05) is 38.2 Å². The van der Waals surface area contributed by atoms with Crippen LogP contribution in [-0.4, -0.2) is 12.6 Å². The van der Waals surface area contributed by atoms with Gasteiger partial charge in [0, 0.05) is 6.42 Å². The quantitative estimate of drug-likeness (QED) is 0.465. The Bertz CT molecular complexity index is 169. The summed E-state index contributed by atoms with van der Waals surface area (Å²) in [4.78, 5) is 10.8. The third kappa shape index (κ3) is 7.06. The zero-order chi connectivity index (χ0) is 9.23. The predicted octanol–water partition coefficient (Wildman–Crippen LogP) is 2.46. The summed E-state index contributed by atoms with van der Waals surface area (Å²) < 4.78 is 4.87. The highest BCUT2D eigenvalue weighted by Gasteiger charge is 1.96. The molecule has 0 amide bonds. The lowest BCUT2D eigenvalue weighted by atomic mass is 10.3. The van der Waals surface area contributed by atoms with Crippen molar-refractivity contribution in [2.75, 3.05) is 6.61 Å². The third-order valence-corrected chi connectivity index (χ3v) is 1.23. The van der Waals surface area contributed by atoms with Gasteiger partial charge >= 0.3 is 5.97 Å². The van der Waals surface area contributed by atoms with Crippen molar-refractivity contribution < 1.29 is 9.53 Å². The number of hydrogen-bond acceptors (Lipinski definition) is 2. The largest absolute Gasteiger partial charge is 0.461 e. The maximum Gasteiger partial charge on any atom is 0.306 e. The minimum atomic E-state index is -0.123. The summed E-state index contributed by atoms with van der Waals surface area (Å²) in [6.07, 6.45) is 8.85. The monoisotopic (exact) mass is 168 g/mol. The van der Waals surface area contributed by atoms with Crippen LogP contribution >= 0.6 is 0 Å². The number of carbonyl (C=O) groups is 1. The van der Waals surface area contributed by atoms with Gasteiger partial charge in [0.25, 0.3) is 0 Å². The van der Waals surface area contributed by atoms with Crippen molar-refractivity contribution in [3.05, 3.63) is 24.3 Å². The first-order valence-electron chi connectivity index (χ1n) is 4.24. The summed E-state index contributed by atoms with van der Waals surface area (Å²) >= 11 is 0. The second-order valence-electron chi connectivity index (χ2n) is 2.39. The lowest BCUT2D eigenvalue weighted by Gasteiger charge is -1.97. The molecule has 0 bridgehead atoms. The Morgan fingerprint density at radius 2 is 2.17 bits per heavy atom. The molecule has 2 heteroatoms. The summed E-state index contributed by atoms with van der Waals surface area (Å²) in [6.45, 7) is 4.27. The molecule has 0 saturated heterocycles. The van der Waals surface area contributed by atoms with Gasteiger partial charge in [0.1, 0.15) is 6.61 Å². The minimum absolute atomic E-state index is 0.123. The van der Waals surface area contributed by atoms with Crippen molar-refractivity contribution >= 4 is 5.97 Å². The van der Waals surface area contributed by atoms with Crippen LogP contribution in [0.2, 0.25) is 0 Å². The first-order chi connectivity index (χ1) is 5.81. The number of ether oxygens (including phenoxy) is 1. The van der Waals surface area contributed by atoms with E-state index < -0.39 is 0 Å². The van der Waals surface area contributed by atoms with Crippen LogP contribution in [0, 0.1) is 0 Å². The molecular weight excluding hydrogens is 152 g/mol. The molecular formula is C10H16O2. The van der Waals surface area contributed by atoms with Crippen LogP contribution in [0.3, 0.4) is 0 Å². The second-order valence-corrected chi connectivity index (χ2v) is 2.39. The number of rotatable bonds is 5. The number of esters is 1. The molecule has 0 aromatic rings. The molecule has 0 fully saturated rings. The third-order valence-electron chi connectivity index (χ3n) is 1.23. The number of hydrogen-bond donors (Lipinski definition) is 0. The Morgan fingerprint density at radius 1 is 1.42 bits per heavy atom. The molecule has 0 heterocycles. The van der Waals surface area contributed by atoms with Gasteiger partial charge in [0.2, 0.25) is 0 Å². The van der Waals surface area contributed by atoms with Crippen LogP contribution in [0.4, 0.5) is 0 Å². The Labute approximate surface area is 73.9 Å². The summed E-state index contributed by atoms with van der Waals surface area (Å²) in [5.41, 5.74) is 0. The summed E-state index contributed by atoms with van der Waals surface area (Å²) in [5, 5.41) is 0. The fourth-order valence-electron chi connectivity index (χ4n) is 0.663. The van der Waals surface area contributed by atoms with E-state index >= 15 is 0 Å². The predicted molar refractivity (Wildman–Crippen MR) is 49.8 cm³/mol. The van der Waals surface area contributed by atoms with E-state index in [1.165, 1.54) is 0 Å². The SMILES string of the molecule is C/C=C/C=C/COC(=O)CCC. The molecule has 0 rings (SSSR count).